The van der Waals surface area contributed by atoms with Crippen molar-refractivity contribution in [3.8, 4) is 17.2 Å². The molecule has 3 aromatic rings. The monoisotopic (exact) mass is 373 g/mol. The number of aromatic nitrogens is 1. The van der Waals surface area contributed by atoms with E-state index in [4.69, 9.17) is 14.6 Å². The second-order valence-corrected chi connectivity index (χ2v) is 6.80. The molecule has 0 radical (unpaired) electrons. The number of phenols is 1. The third-order valence-electron chi connectivity index (χ3n) is 5.12. The minimum atomic E-state index is -0.454. The van der Waals surface area contributed by atoms with Gasteiger partial charge in [-0.05, 0) is 30.3 Å². The number of ether oxygens (including phenoxy) is 2. The number of rotatable bonds is 3. The van der Waals surface area contributed by atoms with Crippen LogP contribution in [0.15, 0.2) is 72.0 Å². The van der Waals surface area contributed by atoms with Crippen LogP contribution in [0.1, 0.15) is 35.5 Å². The number of benzene rings is 2. The van der Waals surface area contributed by atoms with Crippen LogP contribution in [-0.2, 0) is 0 Å². The predicted molar refractivity (Wildman–Crippen MR) is 104 cm³/mol. The van der Waals surface area contributed by atoms with Gasteiger partial charge >= 0.3 is 0 Å². The van der Waals surface area contributed by atoms with Crippen LogP contribution in [0, 0.1) is 0 Å². The van der Waals surface area contributed by atoms with E-state index in [-0.39, 0.29) is 11.8 Å². The summed E-state index contributed by atoms with van der Waals surface area (Å²) in [5.74, 6) is 1.66. The minimum Gasteiger partial charge on any atom is -0.508 e. The number of methoxy groups -OCH3 is 1. The Kier molecular flexibility index (Phi) is 3.90. The Balaban J connectivity index is 1.63. The van der Waals surface area contributed by atoms with Crippen LogP contribution in [0.2, 0.25) is 0 Å². The molecule has 0 saturated heterocycles. The molecule has 0 spiro atoms. The van der Waals surface area contributed by atoms with Gasteiger partial charge in [0.25, 0.3) is 0 Å². The molecule has 28 heavy (non-hydrogen) atoms. The average molecular weight is 373 g/mol. The lowest BCUT2D eigenvalue weighted by molar-refractivity contribution is -0.0236. The summed E-state index contributed by atoms with van der Waals surface area (Å²) < 4.78 is 11.9. The van der Waals surface area contributed by atoms with Crippen molar-refractivity contribution in [3.63, 3.8) is 0 Å². The summed E-state index contributed by atoms with van der Waals surface area (Å²) in [6, 6.07) is 18.8. The van der Waals surface area contributed by atoms with E-state index in [0.29, 0.717) is 12.2 Å². The maximum absolute atomic E-state index is 9.87. The van der Waals surface area contributed by atoms with Gasteiger partial charge in [0.2, 0.25) is 6.23 Å². The summed E-state index contributed by atoms with van der Waals surface area (Å²) in [5, 5.41) is 16.7. The first kappa shape index (κ1) is 16.6. The number of nitrogens with zero attached hydrogens (tertiary/aromatic N) is 3. The van der Waals surface area contributed by atoms with Gasteiger partial charge in [0.15, 0.2) is 11.5 Å². The maximum atomic E-state index is 9.87. The van der Waals surface area contributed by atoms with Crippen LogP contribution in [0.25, 0.3) is 0 Å². The molecule has 2 aliphatic rings. The van der Waals surface area contributed by atoms with Gasteiger partial charge in [-0.2, -0.15) is 5.10 Å². The van der Waals surface area contributed by atoms with Gasteiger partial charge in [0, 0.05) is 23.7 Å². The van der Waals surface area contributed by atoms with E-state index < -0.39 is 6.23 Å². The van der Waals surface area contributed by atoms with Crippen LogP contribution in [-0.4, -0.2) is 27.9 Å². The van der Waals surface area contributed by atoms with Gasteiger partial charge in [-0.25, -0.2) is 5.01 Å². The van der Waals surface area contributed by atoms with Crippen LogP contribution in [0.3, 0.4) is 0 Å². The third kappa shape index (κ3) is 2.65. The predicted octanol–water partition coefficient (Wildman–Crippen LogP) is 4.04. The lowest BCUT2D eigenvalue weighted by atomic mass is 9.96. The Labute approximate surface area is 162 Å². The molecule has 0 aliphatic carbocycles. The van der Waals surface area contributed by atoms with Crippen LogP contribution in [0.4, 0.5) is 0 Å². The molecular formula is C22H19N3O3. The Morgan fingerprint density at radius 1 is 1.11 bits per heavy atom. The molecule has 0 saturated carbocycles. The first-order valence-corrected chi connectivity index (χ1v) is 9.14. The fraction of sp³-hybridized carbons (Fsp3) is 0.182. The standard InChI is InChI=1S/C22H19N3O3/c1-27-20-10-5-8-16-19-13-18(14-6-4-7-15(26)12-14)24-25(19)22(28-21(16)20)17-9-2-3-11-23-17/h2-12,19,22,26H,13H2,1H3/t19-,22-/m0/s1. The fourth-order valence-corrected chi connectivity index (χ4v) is 3.82. The molecule has 2 aromatic carbocycles. The van der Waals surface area contributed by atoms with E-state index in [1.165, 1.54) is 0 Å². The zero-order chi connectivity index (χ0) is 19.1. The number of hydrogen-bond donors (Lipinski definition) is 1. The number of fused-ring (bicyclic) bond motifs is 3. The number of pyridine rings is 1. The Morgan fingerprint density at radius 2 is 2.00 bits per heavy atom. The lowest BCUT2D eigenvalue weighted by Gasteiger charge is -2.38. The van der Waals surface area contributed by atoms with Gasteiger partial charge < -0.3 is 14.6 Å². The highest BCUT2D eigenvalue weighted by atomic mass is 16.5. The van der Waals surface area contributed by atoms with E-state index in [2.05, 4.69) is 4.98 Å². The summed E-state index contributed by atoms with van der Waals surface area (Å²) >= 11 is 0. The lowest BCUT2D eigenvalue weighted by Crippen LogP contribution is -2.34. The Hall–Kier alpha value is -3.54. The highest BCUT2D eigenvalue weighted by molar-refractivity contribution is 6.02. The van der Waals surface area contributed by atoms with E-state index in [9.17, 15) is 5.11 Å². The van der Waals surface area contributed by atoms with Crippen molar-refractivity contribution >= 4 is 5.71 Å². The number of hydrogen-bond acceptors (Lipinski definition) is 6. The van der Waals surface area contributed by atoms with Crippen LogP contribution >= 0.6 is 0 Å². The molecule has 0 amide bonds. The van der Waals surface area contributed by atoms with Crippen molar-refractivity contribution < 1.29 is 14.6 Å². The number of phenolic OH excluding ortho intramolecular Hbond substituents is 1. The SMILES string of the molecule is COc1cccc2c1O[C@@H](c1ccccn1)N1N=C(c3cccc(O)c3)C[C@@H]21. The highest BCUT2D eigenvalue weighted by Crippen LogP contribution is 2.50. The smallest absolute Gasteiger partial charge is 0.230 e. The summed E-state index contributed by atoms with van der Waals surface area (Å²) in [6.07, 6.45) is 2.00. The Bertz CT molecular complexity index is 1050. The van der Waals surface area contributed by atoms with Crippen molar-refractivity contribution in [1.82, 2.24) is 9.99 Å². The topological polar surface area (TPSA) is 67.2 Å². The average Bonchev–Trinajstić information content (AvgIpc) is 3.19. The quantitative estimate of drug-likeness (QED) is 0.751. The molecule has 3 heterocycles. The summed E-state index contributed by atoms with van der Waals surface area (Å²) in [6.45, 7) is 0. The Morgan fingerprint density at radius 3 is 2.79 bits per heavy atom. The maximum Gasteiger partial charge on any atom is 0.230 e. The molecule has 0 bridgehead atoms. The van der Waals surface area contributed by atoms with E-state index in [1.54, 1.807) is 25.4 Å². The van der Waals surface area contributed by atoms with Gasteiger partial charge in [0.05, 0.1) is 18.9 Å². The number of hydrazone groups is 1. The second-order valence-electron chi connectivity index (χ2n) is 6.80. The first-order valence-electron chi connectivity index (χ1n) is 9.14. The molecule has 5 rings (SSSR count). The largest absolute Gasteiger partial charge is 0.508 e. The molecular weight excluding hydrogens is 354 g/mol. The van der Waals surface area contributed by atoms with Crippen molar-refractivity contribution in [1.29, 1.82) is 0 Å². The summed E-state index contributed by atoms with van der Waals surface area (Å²) in [5.41, 5.74) is 3.62. The molecule has 0 fully saturated rings. The molecule has 6 heteroatoms. The third-order valence-corrected chi connectivity index (χ3v) is 5.12. The van der Waals surface area contributed by atoms with Crippen molar-refractivity contribution in [2.75, 3.05) is 7.11 Å². The number of aromatic hydroxyl groups is 1. The molecule has 140 valence electrons. The normalized spacial score (nSPS) is 20.0. The zero-order valence-corrected chi connectivity index (χ0v) is 15.3. The fourth-order valence-electron chi connectivity index (χ4n) is 3.82. The first-order chi connectivity index (χ1) is 13.7. The molecule has 1 N–H and O–H groups in total. The second kappa shape index (κ2) is 6.56. The molecule has 0 unspecified atom stereocenters. The van der Waals surface area contributed by atoms with E-state index in [1.807, 2.05) is 53.5 Å². The summed E-state index contributed by atoms with van der Waals surface area (Å²) in [7, 11) is 1.64. The highest BCUT2D eigenvalue weighted by Gasteiger charge is 2.42. The van der Waals surface area contributed by atoms with Crippen LogP contribution in [0.5, 0.6) is 17.2 Å². The minimum absolute atomic E-state index is 0.00297. The molecule has 2 aliphatic heterocycles. The van der Waals surface area contributed by atoms with Gasteiger partial charge in [-0.15, -0.1) is 0 Å². The van der Waals surface area contributed by atoms with Gasteiger partial charge in [0.1, 0.15) is 11.4 Å². The van der Waals surface area contributed by atoms with Crippen LogP contribution < -0.4 is 9.47 Å². The molecule has 1 aromatic heterocycles. The van der Waals surface area contributed by atoms with Gasteiger partial charge in [-0.3, -0.25) is 4.98 Å². The molecule has 2 atom stereocenters. The summed E-state index contributed by atoms with van der Waals surface area (Å²) in [4.78, 5) is 4.49. The van der Waals surface area contributed by atoms with Crippen molar-refractivity contribution in [2.45, 2.75) is 18.7 Å². The zero-order valence-electron chi connectivity index (χ0n) is 15.3. The van der Waals surface area contributed by atoms with E-state index >= 15 is 0 Å². The van der Waals surface area contributed by atoms with Crippen molar-refractivity contribution in [3.05, 3.63) is 83.7 Å². The van der Waals surface area contributed by atoms with Gasteiger partial charge in [-0.1, -0.05) is 30.3 Å². The number of para-hydroxylation sites is 1. The van der Waals surface area contributed by atoms with Crippen molar-refractivity contribution in [2.24, 2.45) is 5.10 Å². The van der Waals surface area contributed by atoms with E-state index in [0.717, 1.165) is 28.3 Å². The molecule has 6 nitrogen and oxygen atoms in total.